The number of nitrogens with one attached hydrogen (secondary N) is 1. The monoisotopic (exact) mass is 409 g/mol. The van der Waals surface area contributed by atoms with Crippen LogP contribution in [-0.2, 0) is 11.3 Å². The van der Waals surface area contributed by atoms with Gasteiger partial charge >= 0.3 is 0 Å². The highest BCUT2D eigenvalue weighted by atomic mass is 35.5. The Morgan fingerprint density at radius 1 is 1.00 bits per heavy atom. The number of hydrogen-bond donors (Lipinski definition) is 1. The van der Waals surface area contributed by atoms with E-state index >= 15 is 0 Å². The number of benzene rings is 2. The second-order valence-corrected chi connectivity index (χ2v) is 7.55. The zero-order valence-electron chi connectivity index (χ0n) is 14.9. The van der Waals surface area contributed by atoms with E-state index in [1.54, 1.807) is 18.2 Å². The first-order valence-electron chi connectivity index (χ1n) is 8.93. The predicted molar refractivity (Wildman–Crippen MR) is 108 cm³/mol. The summed E-state index contributed by atoms with van der Waals surface area (Å²) in [6.07, 6.45) is 0.979. The molecule has 0 spiro atoms. The van der Waals surface area contributed by atoms with Crippen LogP contribution in [0.4, 0.5) is 10.1 Å². The van der Waals surface area contributed by atoms with Crippen molar-refractivity contribution in [2.75, 3.05) is 38.0 Å². The van der Waals surface area contributed by atoms with Gasteiger partial charge in [0.15, 0.2) is 0 Å². The van der Waals surface area contributed by atoms with Gasteiger partial charge in [0.25, 0.3) is 0 Å². The number of anilines is 1. The molecule has 27 heavy (non-hydrogen) atoms. The summed E-state index contributed by atoms with van der Waals surface area (Å²) >= 11 is 12.1. The van der Waals surface area contributed by atoms with Gasteiger partial charge in [0.1, 0.15) is 5.82 Å². The van der Waals surface area contributed by atoms with Crippen LogP contribution in [0.5, 0.6) is 0 Å². The zero-order valence-corrected chi connectivity index (χ0v) is 16.4. The van der Waals surface area contributed by atoms with Gasteiger partial charge in [0.05, 0.1) is 17.3 Å². The number of amides is 1. The molecule has 0 unspecified atom stereocenters. The van der Waals surface area contributed by atoms with Gasteiger partial charge in [-0.2, -0.15) is 0 Å². The summed E-state index contributed by atoms with van der Waals surface area (Å²) in [5, 5.41) is 3.82. The van der Waals surface area contributed by atoms with Crippen LogP contribution in [0.15, 0.2) is 42.5 Å². The topological polar surface area (TPSA) is 35.6 Å². The highest BCUT2D eigenvalue weighted by molar-refractivity contribution is 6.35. The molecule has 2 aromatic carbocycles. The lowest BCUT2D eigenvalue weighted by Crippen LogP contribution is -2.36. The minimum Gasteiger partial charge on any atom is -0.324 e. The van der Waals surface area contributed by atoms with Gasteiger partial charge in [0, 0.05) is 24.7 Å². The zero-order chi connectivity index (χ0) is 19.2. The molecule has 2 aromatic rings. The molecule has 3 rings (SSSR count). The summed E-state index contributed by atoms with van der Waals surface area (Å²) in [6, 6.07) is 11.6. The van der Waals surface area contributed by atoms with Crippen LogP contribution in [0, 0.1) is 5.82 Å². The van der Waals surface area contributed by atoms with Crippen LogP contribution in [-0.4, -0.2) is 48.4 Å². The Morgan fingerprint density at radius 3 is 2.48 bits per heavy atom. The Kier molecular flexibility index (Phi) is 7.07. The largest absolute Gasteiger partial charge is 0.324 e. The van der Waals surface area contributed by atoms with Crippen molar-refractivity contribution >= 4 is 34.8 Å². The van der Waals surface area contributed by atoms with Crippen LogP contribution < -0.4 is 5.32 Å². The van der Waals surface area contributed by atoms with Crippen molar-refractivity contribution < 1.29 is 9.18 Å². The predicted octanol–water partition coefficient (Wildman–Crippen LogP) is 4.28. The highest BCUT2D eigenvalue weighted by Gasteiger charge is 2.18. The van der Waals surface area contributed by atoms with E-state index in [0.29, 0.717) is 22.3 Å². The molecule has 1 saturated heterocycles. The molecule has 0 aliphatic carbocycles. The second-order valence-electron chi connectivity index (χ2n) is 6.70. The Labute approximate surface area is 168 Å². The quantitative estimate of drug-likeness (QED) is 0.800. The molecule has 1 amide bonds. The smallest absolute Gasteiger partial charge is 0.238 e. The van der Waals surface area contributed by atoms with E-state index < -0.39 is 0 Å². The van der Waals surface area contributed by atoms with E-state index in [2.05, 4.69) is 15.1 Å². The number of halogens is 3. The molecule has 1 heterocycles. The van der Waals surface area contributed by atoms with Gasteiger partial charge in [0.2, 0.25) is 5.91 Å². The van der Waals surface area contributed by atoms with Gasteiger partial charge in [-0.15, -0.1) is 0 Å². The Morgan fingerprint density at radius 2 is 1.70 bits per heavy atom. The summed E-state index contributed by atoms with van der Waals surface area (Å²) in [7, 11) is 0. The fraction of sp³-hybridized carbons (Fsp3) is 0.350. The lowest BCUT2D eigenvalue weighted by atomic mass is 10.2. The van der Waals surface area contributed by atoms with Crippen molar-refractivity contribution in [2.45, 2.75) is 13.0 Å². The first-order valence-corrected chi connectivity index (χ1v) is 9.69. The van der Waals surface area contributed by atoms with Crippen molar-refractivity contribution in [3.05, 3.63) is 63.9 Å². The molecule has 1 aliphatic heterocycles. The summed E-state index contributed by atoms with van der Waals surface area (Å²) in [5.74, 6) is -0.322. The van der Waals surface area contributed by atoms with Crippen LogP contribution in [0.25, 0.3) is 0 Å². The molecule has 0 aromatic heterocycles. The van der Waals surface area contributed by atoms with Crippen LogP contribution in [0.3, 0.4) is 0 Å². The number of nitrogens with zero attached hydrogens (tertiary/aromatic N) is 2. The Balaban J connectivity index is 1.49. The summed E-state index contributed by atoms with van der Waals surface area (Å²) in [4.78, 5) is 16.8. The van der Waals surface area contributed by atoms with Gasteiger partial charge < -0.3 is 5.32 Å². The molecule has 0 atom stereocenters. The fourth-order valence-corrected chi connectivity index (χ4v) is 3.51. The molecule has 1 N–H and O–H groups in total. The van der Waals surface area contributed by atoms with E-state index in [0.717, 1.165) is 44.7 Å². The first-order chi connectivity index (χ1) is 13.0. The standard InChI is InChI=1S/C20H22Cl2FN3O/c21-16-4-7-18(22)19(12-16)24-20(27)14-26-9-1-8-25(10-11-26)13-15-2-5-17(23)6-3-15/h2-7,12H,1,8-11,13-14H2,(H,24,27). The maximum atomic E-state index is 13.0. The van der Waals surface area contributed by atoms with Crippen LogP contribution in [0.1, 0.15) is 12.0 Å². The van der Waals surface area contributed by atoms with Crippen molar-refractivity contribution in [2.24, 2.45) is 0 Å². The third kappa shape index (κ3) is 6.18. The Hall–Kier alpha value is -1.66. The third-order valence-corrected chi connectivity index (χ3v) is 5.13. The lowest BCUT2D eigenvalue weighted by molar-refractivity contribution is -0.117. The van der Waals surface area contributed by atoms with Gasteiger partial charge in [-0.25, -0.2) is 4.39 Å². The van der Waals surface area contributed by atoms with E-state index in [1.165, 1.54) is 12.1 Å². The normalized spacial score (nSPS) is 16.1. The number of rotatable bonds is 5. The van der Waals surface area contributed by atoms with Crippen LogP contribution >= 0.6 is 23.2 Å². The molecular weight excluding hydrogens is 388 g/mol. The van der Waals surface area contributed by atoms with Crippen molar-refractivity contribution in [1.29, 1.82) is 0 Å². The van der Waals surface area contributed by atoms with Crippen molar-refractivity contribution in [1.82, 2.24) is 9.80 Å². The Bertz CT molecular complexity index is 785. The fourth-order valence-electron chi connectivity index (χ4n) is 3.17. The van der Waals surface area contributed by atoms with E-state index in [-0.39, 0.29) is 11.7 Å². The average molecular weight is 410 g/mol. The lowest BCUT2D eigenvalue weighted by Gasteiger charge is -2.21. The summed E-state index contributed by atoms with van der Waals surface area (Å²) < 4.78 is 13.0. The molecule has 1 aliphatic rings. The number of carbonyl (C=O) groups is 1. The second kappa shape index (κ2) is 9.51. The maximum absolute atomic E-state index is 13.0. The molecule has 7 heteroatoms. The number of carbonyl (C=O) groups excluding carboxylic acids is 1. The van der Waals surface area contributed by atoms with Gasteiger partial charge in [-0.1, -0.05) is 35.3 Å². The van der Waals surface area contributed by atoms with E-state index in [4.69, 9.17) is 23.2 Å². The highest BCUT2D eigenvalue weighted by Crippen LogP contribution is 2.25. The van der Waals surface area contributed by atoms with Gasteiger partial charge in [-0.05, 0) is 55.4 Å². The number of hydrogen-bond acceptors (Lipinski definition) is 3. The molecule has 4 nitrogen and oxygen atoms in total. The van der Waals surface area contributed by atoms with Crippen LogP contribution in [0.2, 0.25) is 10.0 Å². The van der Waals surface area contributed by atoms with E-state index in [1.807, 2.05) is 12.1 Å². The molecule has 1 fully saturated rings. The first kappa shape index (κ1) is 20.1. The maximum Gasteiger partial charge on any atom is 0.238 e. The average Bonchev–Trinajstić information content (AvgIpc) is 2.85. The summed E-state index contributed by atoms with van der Waals surface area (Å²) in [6.45, 7) is 4.58. The SMILES string of the molecule is O=C(CN1CCCN(Cc2ccc(F)cc2)CC1)Nc1cc(Cl)ccc1Cl. The van der Waals surface area contributed by atoms with Gasteiger partial charge in [-0.3, -0.25) is 14.6 Å². The molecule has 144 valence electrons. The minimum absolute atomic E-state index is 0.105. The molecule has 0 saturated carbocycles. The van der Waals surface area contributed by atoms with Crippen molar-refractivity contribution in [3.63, 3.8) is 0 Å². The summed E-state index contributed by atoms with van der Waals surface area (Å²) in [5.41, 5.74) is 1.63. The molecule has 0 bridgehead atoms. The van der Waals surface area contributed by atoms with E-state index in [9.17, 15) is 9.18 Å². The molecular formula is C20H22Cl2FN3O. The van der Waals surface area contributed by atoms with Crippen molar-refractivity contribution in [3.8, 4) is 0 Å². The minimum atomic E-state index is -0.216. The molecule has 0 radical (unpaired) electrons. The third-order valence-electron chi connectivity index (χ3n) is 4.57.